The standard InChI is InChI=1S/C19H24N2O4/c1-13-6-5-7-17(14(13)2)25-11-10-20-19(22)21-16-12-15(23-3)8-9-18(16)24-4/h5-9,12H,10-11H2,1-4H3,(H2,20,21,22). The summed E-state index contributed by atoms with van der Waals surface area (Å²) in [7, 11) is 3.11. The number of carbonyl (C=O) groups is 1. The molecule has 0 aliphatic carbocycles. The predicted octanol–water partition coefficient (Wildman–Crippen LogP) is 3.52. The second kappa shape index (κ2) is 8.82. The molecule has 2 aromatic carbocycles. The van der Waals surface area contributed by atoms with Crippen LogP contribution in [0.5, 0.6) is 17.2 Å². The molecule has 0 fully saturated rings. The number of nitrogens with one attached hydrogen (secondary N) is 2. The van der Waals surface area contributed by atoms with Crippen molar-refractivity contribution in [3.63, 3.8) is 0 Å². The third-order valence-electron chi connectivity index (χ3n) is 3.85. The van der Waals surface area contributed by atoms with Crippen LogP contribution in [0.4, 0.5) is 10.5 Å². The summed E-state index contributed by atoms with van der Waals surface area (Å²) in [6, 6.07) is 10.8. The Hall–Kier alpha value is -2.89. The van der Waals surface area contributed by atoms with Gasteiger partial charge in [-0.15, -0.1) is 0 Å². The van der Waals surface area contributed by atoms with Gasteiger partial charge in [0, 0.05) is 6.07 Å². The first-order valence-corrected chi connectivity index (χ1v) is 8.01. The van der Waals surface area contributed by atoms with E-state index in [2.05, 4.69) is 10.6 Å². The molecule has 0 unspecified atom stereocenters. The smallest absolute Gasteiger partial charge is 0.319 e. The second-order valence-electron chi connectivity index (χ2n) is 5.49. The Balaban J connectivity index is 1.84. The van der Waals surface area contributed by atoms with Gasteiger partial charge in [-0.05, 0) is 43.2 Å². The fourth-order valence-corrected chi connectivity index (χ4v) is 2.28. The van der Waals surface area contributed by atoms with Crippen LogP contribution >= 0.6 is 0 Å². The fourth-order valence-electron chi connectivity index (χ4n) is 2.28. The van der Waals surface area contributed by atoms with Gasteiger partial charge in [0.05, 0.1) is 26.5 Å². The molecule has 0 aromatic heterocycles. The monoisotopic (exact) mass is 344 g/mol. The fraction of sp³-hybridized carbons (Fsp3) is 0.316. The van der Waals surface area contributed by atoms with E-state index < -0.39 is 0 Å². The second-order valence-corrected chi connectivity index (χ2v) is 5.49. The van der Waals surface area contributed by atoms with Crippen molar-refractivity contribution in [2.24, 2.45) is 0 Å². The van der Waals surface area contributed by atoms with Gasteiger partial charge in [0.25, 0.3) is 0 Å². The third-order valence-corrected chi connectivity index (χ3v) is 3.85. The molecule has 0 radical (unpaired) electrons. The summed E-state index contributed by atoms with van der Waals surface area (Å²) in [5.41, 5.74) is 2.82. The summed E-state index contributed by atoms with van der Waals surface area (Å²) in [5.74, 6) is 2.02. The van der Waals surface area contributed by atoms with Gasteiger partial charge >= 0.3 is 6.03 Å². The van der Waals surface area contributed by atoms with Crippen LogP contribution in [-0.4, -0.2) is 33.4 Å². The van der Waals surface area contributed by atoms with Crippen LogP contribution in [0.3, 0.4) is 0 Å². The Morgan fingerprint density at radius 2 is 1.84 bits per heavy atom. The predicted molar refractivity (Wildman–Crippen MR) is 98.0 cm³/mol. The average molecular weight is 344 g/mol. The van der Waals surface area contributed by atoms with E-state index in [4.69, 9.17) is 14.2 Å². The van der Waals surface area contributed by atoms with Gasteiger partial charge in [-0.1, -0.05) is 12.1 Å². The third kappa shape index (κ3) is 5.04. The molecule has 0 atom stereocenters. The molecule has 0 saturated heterocycles. The number of urea groups is 1. The Morgan fingerprint density at radius 1 is 1.04 bits per heavy atom. The summed E-state index contributed by atoms with van der Waals surface area (Å²) >= 11 is 0. The minimum atomic E-state index is -0.337. The van der Waals surface area contributed by atoms with Gasteiger partial charge < -0.3 is 24.8 Å². The SMILES string of the molecule is COc1ccc(OC)c(NC(=O)NCCOc2cccc(C)c2C)c1. The molecule has 2 rings (SSSR count). The summed E-state index contributed by atoms with van der Waals surface area (Å²) < 4.78 is 16.1. The molecule has 0 aliphatic heterocycles. The highest BCUT2D eigenvalue weighted by atomic mass is 16.5. The van der Waals surface area contributed by atoms with Gasteiger partial charge in [-0.3, -0.25) is 0 Å². The van der Waals surface area contributed by atoms with E-state index in [1.807, 2.05) is 32.0 Å². The van der Waals surface area contributed by atoms with Gasteiger partial charge in [0.1, 0.15) is 23.9 Å². The average Bonchev–Trinajstić information content (AvgIpc) is 2.62. The van der Waals surface area contributed by atoms with Crippen LogP contribution in [0.1, 0.15) is 11.1 Å². The molecule has 0 spiro atoms. The van der Waals surface area contributed by atoms with Crippen LogP contribution in [0.2, 0.25) is 0 Å². The summed E-state index contributed by atoms with van der Waals surface area (Å²) in [5, 5.41) is 5.50. The first-order valence-electron chi connectivity index (χ1n) is 8.01. The molecule has 25 heavy (non-hydrogen) atoms. The molecule has 134 valence electrons. The van der Waals surface area contributed by atoms with E-state index >= 15 is 0 Å². The minimum absolute atomic E-state index is 0.337. The lowest BCUT2D eigenvalue weighted by molar-refractivity contribution is 0.247. The zero-order chi connectivity index (χ0) is 18.2. The van der Waals surface area contributed by atoms with Gasteiger partial charge in [0.15, 0.2) is 0 Å². The molecular formula is C19H24N2O4. The van der Waals surface area contributed by atoms with Crippen molar-refractivity contribution in [1.82, 2.24) is 5.32 Å². The molecule has 0 bridgehead atoms. The van der Waals surface area contributed by atoms with E-state index in [-0.39, 0.29) is 6.03 Å². The van der Waals surface area contributed by atoms with Gasteiger partial charge in [-0.2, -0.15) is 0 Å². The van der Waals surface area contributed by atoms with Crippen molar-refractivity contribution in [2.75, 3.05) is 32.7 Å². The largest absolute Gasteiger partial charge is 0.497 e. The Kier molecular flexibility index (Phi) is 6.51. The number of ether oxygens (including phenoxy) is 3. The maximum absolute atomic E-state index is 12.0. The van der Waals surface area contributed by atoms with E-state index in [1.54, 1.807) is 32.4 Å². The zero-order valence-electron chi connectivity index (χ0n) is 15.0. The van der Waals surface area contributed by atoms with E-state index in [0.29, 0.717) is 30.3 Å². The van der Waals surface area contributed by atoms with Crippen molar-refractivity contribution in [3.8, 4) is 17.2 Å². The molecule has 2 aromatic rings. The van der Waals surface area contributed by atoms with Gasteiger partial charge in [0.2, 0.25) is 0 Å². The molecule has 2 amide bonds. The molecule has 6 heteroatoms. The molecular weight excluding hydrogens is 320 g/mol. The van der Waals surface area contributed by atoms with Crippen LogP contribution in [-0.2, 0) is 0 Å². The Morgan fingerprint density at radius 3 is 2.56 bits per heavy atom. The number of methoxy groups -OCH3 is 2. The van der Waals surface area contributed by atoms with Crippen LogP contribution < -0.4 is 24.8 Å². The number of rotatable bonds is 7. The highest BCUT2D eigenvalue weighted by molar-refractivity contribution is 5.91. The van der Waals surface area contributed by atoms with Crippen molar-refractivity contribution >= 4 is 11.7 Å². The minimum Gasteiger partial charge on any atom is -0.497 e. The highest BCUT2D eigenvalue weighted by Crippen LogP contribution is 2.28. The summed E-state index contributed by atoms with van der Waals surface area (Å²) in [6.45, 7) is 4.81. The molecule has 2 N–H and O–H groups in total. The topological polar surface area (TPSA) is 68.8 Å². The summed E-state index contributed by atoms with van der Waals surface area (Å²) in [4.78, 5) is 12.0. The zero-order valence-corrected chi connectivity index (χ0v) is 15.0. The normalized spacial score (nSPS) is 10.1. The van der Waals surface area contributed by atoms with Gasteiger partial charge in [-0.25, -0.2) is 4.79 Å². The van der Waals surface area contributed by atoms with Crippen molar-refractivity contribution in [3.05, 3.63) is 47.5 Å². The maximum Gasteiger partial charge on any atom is 0.319 e. The van der Waals surface area contributed by atoms with Crippen molar-refractivity contribution in [1.29, 1.82) is 0 Å². The first-order chi connectivity index (χ1) is 12.0. The van der Waals surface area contributed by atoms with Crippen LogP contribution in [0.15, 0.2) is 36.4 Å². The number of benzene rings is 2. The lowest BCUT2D eigenvalue weighted by Crippen LogP contribution is -2.32. The van der Waals surface area contributed by atoms with Crippen LogP contribution in [0.25, 0.3) is 0 Å². The lowest BCUT2D eigenvalue weighted by Gasteiger charge is -2.13. The molecule has 0 aliphatic rings. The number of anilines is 1. The van der Waals surface area contributed by atoms with E-state index in [0.717, 1.165) is 11.3 Å². The molecule has 0 heterocycles. The maximum atomic E-state index is 12.0. The molecule has 0 saturated carbocycles. The van der Waals surface area contributed by atoms with Crippen molar-refractivity contribution < 1.29 is 19.0 Å². The number of hydrogen-bond donors (Lipinski definition) is 2. The lowest BCUT2D eigenvalue weighted by atomic mass is 10.1. The number of carbonyl (C=O) groups excluding carboxylic acids is 1. The quantitative estimate of drug-likeness (QED) is 0.754. The molecule has 6 nitrogen and oxygen atoms in total. The summed E-state index contributed by atoms with van der Waals surface area (Å²) in [6.07, 6.45) is 0. The number of hydrogen-bond acceptors (Lipinski definition) is 4. The number of amides is 2. The Bertz CT molecular complexity index is 731. The number of aryl methyl sites for hydroxylation is 1. The Labute approximate surface area is 148 Å². The highest BCUT2D eigenvalue weighted by Gasteiger charge is 2.09. The van der Waals surface area contributed by atoms with E-state index in [9.17, 15) is 4.79 Å². The van der Waals surface area contributed by atoms with E-state index in [1.165, 1.54) is 5.56 Å². The first kappa shape index (κ1) is 18.4. The van der Waals surface area contributed by atoms with Crippen molar-refractivity contribution in [2.45, 2.75) is 13.8 Å². The van der Waals surface area contributed by atoms with Crippen LogP contribution in [0, 0.1) is 13.8 Å².